The lowest BCUT2D eigenvalue weighted by Crippen LogP contribution is -2.28. The highest BCUT2D eigenvalue weighted by molar-refractivity contribution is 5.26. The van der Waals surface area contributed by atoms with Crippen molar-refractivity contribution < 1.29 is 19.3 Å². The van der Waals surface area contributed by atoms with E-state index < -0.39 is 0 Å². The molecule has 0 unspecified atom stereocenters. The van der Waals surface area contributed by atoms with Gasteiger partial charge in [-0.25, -0.2) is 0 Å². The number of ether oxygens (including phenoxy) is 3. The molecule has 1 aromatic rings. The van der Waals surface area contributed by atoms with Crippen LogP contribution in [0.3, 0.4) is 0 Å². The van der Waals surface area contributed by atoms with Gasteiger partial charge in [-0.05, 0) is 17.7 Å². The molecule has 0 radical (unpaired) electrons. The van der Waals surface area contributed by atoms with Gasteiger partial charge in [-0.3, -0.25) is 0 Å². The van der Waals surface area contributed by atoms with Crippen LogP contribution in [0.15, 0.2) is 24.3 Å². The van der Waals surface area contributed by atoms with Crippen molar-refractivity contribution in [1.82, 2.24) is 0 Å². The summed E-state index contributed by atoms with van der Waals surface area (Å²) in [6.45, 7) is 5.47. The molecule has 4 heteroatoms. The highest BCUT2D eigenvalue weighted by atomic mass is 16.6. The normalized spacial score (nSPS) is 22.3. The Morgan fingerprint density at radius 2 is 1.95 bits per heavy atom. The van der Waals surface area contributed by atoms with Crippen LogP contribution in [0.2, 0.25) is 0 Å². The number of methoxy groups -OCH3 is 1. The van der Waals surface area contributed by atoms with Gasteiger partial charge in [0, 0.05) is 5.41 Å². The van der Waals surface area contributed by atoms with Gasteiger partial charge in [-0.2, -0.15) is 0 Å². The Hall–Kier alpha value is -1.10. The molecule has 2 atom stereocenters. The lowest BCUT2D eigenvalue weighted by molar-refractivity contribution is 0.0365. The maximum absolute atomic E-state index is 9.01. The second-order valence-electron chi connectivity index (χ2n) is 5.61. The van der Waals surface area contributed by atoms with Crippen LogP contribution in [0.4, 0.5) is 0 Å². The zero-order chi connectivity index (χ0) is 13.9. The third-order valence-electron chi connectivity index (χ3n) is 3.43. The number of aliphatic hydroxyl groups is 1. The van der Waals surface area contributed by atoms with Gasteiger partial charge in [0.25, 0.3) is 0 Å². The molecular weight excluding hydrogens is 244 g/mol. The van der Waals surface area contributed by atoms with Crippen molar-refractivity contribution in [3.8, 4) is 5.75 Å². The minimum atomic E-state index is -0.0696. The largest absolute Gasteiger partial charge is 0.497 e. The van der Waals surface area contributed by atoms with Gasteiger partial charge in [0.05, 0.1) is 33.0 Å². The quantitative estimate of drug-likeness (QED) is 0.767. The molecule has 0 amide bonds. The average molecular weight is 266 g/mol. The van der Waals surface area contributed by atoms with E-state index in [1.54, 1.807) is 7.11 Å². The maximum atomic E-state index is 9.01. The van der Waals surface area contributed by atoms with Crippen LogP contribution < -0.4 is 4.74 Å². The number of rotatable bonds is 7. The third-order valence-corrected chi connectivity index (χ3v) is 3.43. The molecule has 0 aliphatic carbocycles. The Morgan fingerprint density at radius 1 is 1.26 bits per heavy atom. The van der Waals surface area contributed by atoms with Gasteiger partial charge < -0.3 is 19.3 Å². The molecule has 1 fully saturated rings. The smallest absolute Gasteiger partial charge is 0.118 e. The van der Waals surface area contributed by atoms with Gasteiger partial charge in [0.15, 0.2) is 0 Å². The molecule has 1 aromatic carbocycles. The van der Waals surface area contributed by atoms with Crippen molar-refractivity contribution in [1.29, 1.82) is 0 Å². The molecular formula is C15H22O4. The summed E-state index contributed by atoms with van der Waals surface area (Å²) in [4.78, 5) is 0. The Morgan fingerprint density at radius 3 is 2.47 bits per heavy atom. The van der Waals surface area contributed by atoms with Gasteiger partial charge in [0.1, 0.15) is 11.9 Å². The van der Waals surface area contributed by atoms with E-state index in [-0.39, 0.29) is 24.2 Å². The van der Waals surface area contributed by atoms with Gasteiger partial charge >= 0.3 is 0 Å². The van der Waals surface area contributed by atoms with Crippen molar-refractivity contribution >= 4 is 0 Å². The molecule has 106 valence electrons. The molecule has 1 saturated heterocycles. The molecule has 2 rings (SSSR count). The summed E-state index contributed by atoms with van der Waals surface area (Å²) in [6, 6.07) is 7.84. The van der Waals surface area contributed by atoms with Crippen LogP contribution in [-0.4, -0.2) is 37.6 Å². The second-order valence-corrected chi connectivity index (χ2v) is 5.61. The molecule has 0 spiro atoms. The second kappa shape index (κ2) is 5.90. The number of hydrogen-bond acceptors (Lipinski definition) is 4. The molecule has 1 heterocycles. The number of epoxide rings is 1. The van der Waals surface area contributed by atoms with Crippen LogP contribution in [0.25, 0.3) is 0 Å². The van der Waals surface area contributed by atoms with E-state index in [4.69, 9.17) is 19.3 Å². The van der Waals surface area contributed by atoms with E-state index in [1.165, 1.54) is 0 Å². The topological polar surface area (TPSA) is 51.2 Å². The highest BCUT2D eigenvalue weighted by Gasteiger charge is 2.49. The number of aliphatic hydroxyl groups excluding tert-OH is 1. The van der Waals surface area contributed by atoms with Gasteiger partial charge in [-0.1, -0.05) is 26.0 Å². The summed E-state index contributed by atoms with van der Waals surface area (Å²) in [5.41, 5.74) is 1.05. The first kappa shape index (κ1) is 14.3. The SMILES string of the molecule is COc1ccc(COCC(C)(C)[C@H]2O[C@@H]2CO)cc1. The summed E-state index contributed by atoms with van der Waals surface area (Å²) in [5.74, 6) is 0.848. The maximum Gasteiger partial charge on any atom is 0.118 e. The minimum absolute atomic E-state index is 0.0143. The van der Waals surface area contributed by atoms with Crippen molar-refractivity contribution in [3.63, 3.8) is 0 Å². The van der Waals surface area contributed by atoms with E-state index >= 15 is 0 Å². The van der Waals surface area contributed by atoms with Crippen molar-refractivity contribution in [2.45, 2.75) is 32.7 Å². The predicted octanol–water partition coefficient (Wildman–Crippen LogP) is 2.00. The van der Waals surface area contributed by atoms with E-state index in [9.17, 15) is 0 Å². The molecule has 1 aliphatic heterocycles. The van der Waals surface area contributed by atoms with E-state index in [0.717, 1.165) is 11.3 Å². The Kier molecular flexibility index (Phi) is 4.45. The fraction of sp³-hybridized carbons (Fsp3) is 0.600. The number of benzene rings is 1. The summed E-state index contributed by atoms with van der Waals surface area (Å²) in [5, 5.41) is 9.01. The van der Waals surface area contributed by atoms with E-state index in [0.29, 0.717) is 13.2 Å². The molecule has 1 N–H and O–H groups in total. The van der Waals surface area contributed by atoms with Gasteiger partial charge in [0.2, 0.25) is 0 Å². The molecule has 0 aromatic heterocycles. The summed E-state index contributed by atoms with van der Waals surface area (Å²) < 4.78 is 16.3. The summed E-state index contributed by atoms with van der Waals surface area (Å²) in [6.07, 6.45) is 0.0907. The summed E-state index contributed by atoms with van der Waals surface area (Å²) >= 11 is 0. The first-order valence-corrected chi connectivity index (χ1v) is 6.54. The summed E-state index contributed by atoms with van der Waals surface area (Å²) in [7, 11) is 1.65. The van der Waals surface area contributed by atoms with Crippen LogP contribution in [0.1, 0.15) is 19.4 Å². The molecule has 0 saturated carbocycles. The third kappa shape index (κ3) is 3.69. The monoisotopic (exact) mass is 266 g/mol. The lowest BCUT2D eigenvalue weighted by Gasteiger charge is -2.22. The first-order valence-electron chi connectivity index (χ1n) is 6.54. The van der Waals surface area contributed by atoms with Gasteiger partial charge in [-0.15, -0.1) is 0 Å². The zero-order valence-electron chi connectivity index (χ0n) is 11.8. The molecule has 1 aliphatic rings. The van der Waals surface area contributed by atoms with Crippen molar-refractivity contribution in [2.75, 3.05) is 20.3 Å². The Bertz CT molecular complexity index is 399. The number of hydrogen-bond donors (Lipinski definition) is 1. The van der Waals surface area contributed by atoms with E-state index in [1.807, 2.05) is 24.3 Å². The standard InChI is InChI=1S/C15H22O4/c1-15(2,14-13(8-16)19-14)10-18-9-11-4-6-12(17-3)7-5-11/h4-7,13-14,16H,8-10H2,1-3H3/t13-,14+/m1/s1. The Labute approximate surface area is 114 Å². The van der Waals surface area contributed by atoms with Crippen molar-refractivity contribution in [2.24, 2.45) is 5.41 Å². The van der Waals surface area contributed by atoms with Crippen LogP contribution in [0.5, 0.6) is 5.75 Å². The average Bonchev–Trinajstić information content (AvgIpc) is 3.19. The lowest BCUT2D eigenvalue weighted by atomic mass is 9.88. The molecule has 0 bridgehead atoms. The van der Waals surface area contributed by atoms with Crippen LogP contribution in [0, 0.1) is 5.41 Å². The fourth-order valence-corrected chi connectivity index (χ4v) is 2.20. The minimum Gasteiger partial charge on any atom is -0.497 e. The first-order chi connectivity index (χ1) is 9.06. The molecule has 19 heavy (non-hydrogen) atoms. The van der Waals surface area contributed by atoms with E-state index in [2.05, 4.69) is 13.8 Å². The predicted molar refractivity (Wildman–Crippen MR) is 72.2 cm³/mol. The van der Waals surface area contributed by atoms with Crippen molar-refractivity contribution in [3.05, 3.63) is 29.8 Å². The van der Waals surface area contributed by atoms with Crippen LogP contribution in [-0.2, 0) is 16.1 Å². The molecule has 4 nitrogen and oxygen atoms in total. The fourth-order valence-electron chi connectivity index (χ4n) is 2.20. The zero-order valence-corrected chi connectivity index (χ0v) is 11.8. The van der Waals surface area contributed by atoms with Crippen LogP contribution >= 0.6 is 0 Å². The Balaban J connectivity index is 1.76. The highest BCUT2D eigenvalue weighted by Crippen LogP contribution is 2.38.